The number of fused-ring (bicyclic) bond motifs is 2. The molecule has 40 heavy (non-hydrogen) atoms. The van der Waals surface area contributed by atoms with Crippen LogP contribution in [0.4, 0.5) is 17.1 Å². The molecule has 0 radical (unpaired) electrons. The summed E-state index contributed by atoms with van der Waals surface area (Å²) in [5.74, 6) is 0.338. The van der Waals surface area contributed by atoms with Crippen LogP contribution in [0.5, 0.6) is 0 Å². The largest absolute Gasteiger partial charge is 0.465 e. The standard InChI is InChI=1S/C30H30N4O5S/c1-3-38-29(35)19-34-15-5-7-22-6-4-8-28(30(22)34)40(36,37)33-24-13-14-25-20(2)27(39-26(25)16-24)18-32-23-11-9-21(17-31)10-12-23/h4,6,8-14,16,32-33H,3,5,7,15,18-19H2,1-2H3. The van der Waals surface area contributed by atoms with Gasteiger partial charge in [0.05, 0.1) is 36.2 Å². The van der Waals surface area contributed by atoms with E-state index in [1.165, 1.54) is 0 Å². The average Bonchev–Trinajstić information content (AvgIpc) is 3.26. The number of hydrogen-bond donors (Lipinski definition) is 2. The van der Waals surface area contributed by atoms with E-state index in [9.17, 15) is 13.2 Å². The van der Waals surface area contributed by atoms with E-state index in [4.69, 9.17) is 14.4 Å². The van der Waals surface area contributed by atoms with E-state index in [-0.39, 0.29) is 18.0 Å². The number of nitrogens with zero attached hydrogens (tertiary/aromatic N) is 2. The summed E-state index contributed by atoms with van der Waals surface area (Å²) in [7, 11) is -3.98. The molecule has 2 N–H and O–H groups in total. The highest BCUT2D eigenvalue weighted by Gasteiger charge is 2.28. The van der Waals surface area contributed by atoms with Crippen LogP contribution in [0.1, 0.15) is 35.8 Å². The maximum absolute atomic E-state index is 13.6. The van der Waals surface area contributed by atoms with Crippen molar-refractivity contribution in [2.24, 2.45) is 0 Å². The molecule has 206 valence electrons. The molecule has 1 aliphatic heterocycles. The molecule has 0 saturated heterocycles. The van der Waals surface area contributed by atoms with Gasteiger partial charge in [-0.15, -0.1) is 0 Å². The minimum Gasteiger partial charge on any atom is -0.465 e. The number of aryl methyl sites for hydroxylation is 2. The Balaban J connectivity index is 1.38. The van der Waals surface area contributed by atoms with Crippen molar-refractivity contribution in [2.75, 3.05) is 34.6 Å². The van der Waals surface area contributed by atoms with Crippen molar-refractivity contribution in [1.29, 1.82) is 5.26 Å². The number of nitriles is 1. The number of para-hydroxylation sites is 1. The molecule has 4 aromatic rings. The molecule has 0 atom stereocenters. The fourth-order valence-corrected chi connectivity index (χ4v) is 6.32. The summed E-state index contributed by atoms with van der Waals surface area (Å²) in [6.07, 6.45) is 1.55. The number of benzene rings is 3. The van der Waals surface area contributed by atoms with Crippen molar-refractivity contribution in [3.05, 3.63) is 83.1 Å². The van der Waals surface area contributed by atoms with Gasteiger partial charge in [0.2, 0.25) is 0 Å². The zero-order valence-electron chi connectivity index (χ0n) is 22.4. The molecule has 0 saturated carbocycles. The molecule has 0 bridgehead atoms. The Morgan fingerprint density at radius 3 is 2.65 bits per heavy atom. The van der Waals surface area contributed by atoms with Crippen LogP contribution in [0.15, 0.2) is 70.0 Å². The first-order valence-corrected chi connectivity index (χ1v) is 14.6. The summed E-state index contributed by atoms with van der Waals surface area (Å²) in [4.78, 5) is 14.1. The third-order valence-electron chi connectivity index (χ3n) is 6.94. The van der Waals surface area contributed by atoms with E-state index in [1.54, 1.807) is 48.2 Å². The zero-order chi connectivity index (χ0) is 28.3. The highest BCUT2D eigenvalue weighted by Crippen LogP contribution is 2.35. The van der Waals surface area contributed by atoms with Gasteiger partial charge in [0.1, 0.15) is 22.8 Å². The second kappa shape index (κ2) is 11.3. The SMILES string of the molecule is CCOC(=O)CN1CCCc2cccc(S(=O)(=O)Nc3ccc4c(C)c(CNc5ccc(C#N)cc5)oc4c3)c21. The first-order valence-electron chi connectivity index (χ1n) is 13.1. The van der Waals surface area contributed by atoms with Crippen LogP contribution in [0.25, 0.3) is 11.0 Å². The molecule has 2 heterocycles. The number of hydrogen-bond acceptors (Lipinski definition) is 8. The lowest BCUT2D eigenvalue weighted by Crippen LogP contribution is -2.36. The van der Waals surface area contributed by atoms with Gasteiger partial charge in [-0.1, -0.05) is 12.1 Å². The highest BCUT2D eigenvalue weighted by atomic mass is 32.2. The predicted octanol–water partition coefficient (Wildman–Crippen LogP) is 5.34. The summed E-state index contributed by atoms with van der Waals surface area (Å²) < 4.78 is 41.2. The van der Waals surface area contributed by atoms with Crippen molar-refractivity contribution in [1.82, 2.24) is 0 Å². The second-order valence-electron chi connectivity index (χ2n) is 9.60. The van der Waals surface area contributed by atoms with E-state index in [2.05, 4.69) is 16.1 Å². The lowest BCUT2D eigenvalue weighted by molar-refractivity contribution is -0.141. The van der Waals surface area contributed by atoms with E-state index in [0.717, 1.165) is 40.8 Å². The third-order valence-corrected chi connectivity index (χ3v) is 8.36. The summed E-state index contributed by atoms with van der Waals surface area (Å²) in [6.45, 7) is 4.95. The van der Waals surface area contributed by atoms with Crippen molar-refractivity contribution in [3.63, 3.8) is 0 Å². The number of sulfonamides is 1. The summed E-state index contributed by atoms with van der Waals surface area (Å²) in [6, 6.07) is 19.7. The fourth-order valence-electron chi connectivity index (χ4n) is 5.00. The zero-order valence-corrected chi connectivity index (χ0v) is 23.2. The van der Waals surface area contributed by atoms with Gasteiger partial charge in [0, 0.05) is 29.2 Å². The Morgan fingerprint density at radius 2 is 1.90 bits per heavy atom. The van der Waals surface area contributed by atoms with Gasteiger partial charge in [0.25, 0.3) is 10.0 Å². The number of furan rings is 1. The van der Waals surface area contributed by atoms with E-state index >= 15 is 0 Å². The van der Waals surface area contributed by atoms with Crippen molar-refractivity contribution < 1.29 is 22.4 Å². The number of carbonyl (C=O) groups excluding carboxylic acids is 1. The lowest BCUT2D eigenvalue weighted by atomic mass is 10.0. The topological polar surface area (TPSA) is 125 Å². The van der Waals surface area contributed by atoms with E-state index in [0.29, 0.717) is 35.6 Å². The predicted molar refractivity (Wildman–Crippen MR) is 154 cm³/mol. The van der Waals surface area contributed by atoms with Gasteiger partial charge in [-0.25, -0.2) is 8.42 Å². The van der Waals surface area contributed by atoms with Crippen LogP contribution in [0.2, 0.25) is 0 Å². The monoisotopic (exact) mass is 558 g/mol. The minimum atomic E-state index is -3.98. The number of rotatable bonds is 9. The number of ether oxygens (including phenoxy) is 1. The molecule has 0 unspecified atom stereocenters. The van der Waals surface area contributed by atoms with Gasteiger partial charge < -0.3 is 19.4 Å². The van der Waals surface area contributed by atoms with Crippen LogP contribution >= 0.6 is 0 Å². The van der Waals surface area contributed by atoms with E-state index < -0.39 is 16.0 Å². The Kier molecular flexibility index (Phi) is 7.67. The third kappa shape index (κ3) is 5.60. The molecule has 1 aliphatic rings. The number of carbonyl (C=O) groups is 1. The van der Waals surface area contributed by atoms with Gasteiger partial charge in [-0.05, 0) is 74.7 Å². The minimum absolute atomic E-state index is 0.00964. The first-order chi connectivity index (χ1) is 19.3. The lowest BCUT2D eigenvalue weighted by Gasteiger charge is -2.32. The molecule has 0 amide bonds. The number of nitrogens with one attached hydrogen (secondary N) is 2. The molecular weight excluding hydrogens is 528 g/mol. The van der Waals surface area contributed by atoms with Crippen LogP contribution in [-0.2, 0) is 32.5 Å². The normalized spacial score (nSPS) is 13.0. The highest BCUT2D eigenvalue weighted by molar-refractivity contribution is 7.92. The van der Waals surface area contributed by atoms with Gasteiger partial charge in [-0.3, -0.25) is 9.52 Å². The first kappa shape index (κ1) is 27.1. The molecule has 3 aromatic carbocycles. The summed E-state index contributed by atoms with van der Waals surface area (Å²) >= 11 is 0. The molecule has 0 spiro atoms. The quantitative estimate of drug-likeness (QED) is 0.264. The van der Waals surface area contributed by atoms with Gasteiger partial charge in [0.15, 0.2) is 0 Å². The van der Waals surface area contributed by atoms with Crippen molar-refractivity contribution in [3.8, 4) is 6.07 Å². The summed E-state index contributed by atoms with van der Waals surface area (Å²) in [5.41, 5.74) is 4.76. The Bertz CT molecular complexity index is 1700. The molecule has 0 fully saturated rings. The fraction of sp³-hybridized carbons (Fsp3) is 0.267. The maximum atomic E-state index is 13.6. The average molecular weight is 559 g/mol. The van der Waals surface area contributed by atoms with Gasteiger partial charge in [-0.2, -0.15) is 5.26 Å². The molecule has 5 rings (SSSR count). The van der Waals surface area contributed by atoms with Crippen molar-refractivity contribution in [2.45, 2.75) is 38.1 Å². The Labute approximate surface area is 233 Å². The van der Waals surface area contributed by atoms with Crippen LogP contribution < -0.4 is 14.9 Å². The van der Waals surface area contributed by atoms with Crippen LogP contribution in [-0.4, -0.2) is 34.1 Å². The molecule has 0 aliphatic carbocycles. The summed E-state index contributed by atoms with van der Waals surface area (Å²) in [5, 5.41) is 13.2. The molecule has 9 nitrogen and oxygen atoms in total. The Hall–Kier alpha value is -4.49. The number of esters is 1. The second-order valence-corrected chi connectivity index (χ2v) is 11.3. The Morgan fingerprint density at radius 1 is 1.12 bits per heavy atom. The maximum Gasteiger partial charge on any atom is 0.325 e. The number of anilines is 3. The molecular formula is C30H30N4O5S. The molecule has 1 aromatic heterocycles. The molecule has 10 heteroatoms. The van der Waals surface area contributed by atoms with Crippen LogP contribution in [0, 0.1) is 18.3 Å². The smallest absolute Gasteiger partial charge is 0.325 e. The van der Waals surface area contributed by atoms with Crippen molar-refractivity contribution >= 4 is 44.0 Å². The van der Waals surface area contributed by atoms with E-state index in [1.807, 2.05) is 31.2 Å². The van der Waals surface area contributed by atoms with Gasteiger partial charge >= 0.3 is 5.97 Å². The van der Waals surface area contributed by atoms with Crippen LogP contribution in [0.3, 0.4) is 0 Å².